The topological polar surface area (TPSA) is 54.0 Å². The van der Waals surface area contributed by atoms with Gasteiger partial charge in [-0.25, -0.2) is 4.79 Å². The maximum atomic E-state index is 12.0. The highest BCUT2D eigenvalue weighted by Gasteiger charge is 2.23. The summed E-state index contributed by atoms with van der Waals surface area (Å²) in [5.41, 5.74) is 3.24. The van der Waals surface area contributed by atoms with Crippen molar-refractivity contribution in [3.05, 3.63) is 65.2 Å². The Morgan fingerprint density at radius 1 is 1.04 bits per heavy atom. The molecule has 0 fully saturated rings. The van der Waals surface area contributed by atoms with Crippen molar-refractivity contribution in [2.75, 3.05) is 13.9 Å². The molecule has 1 atom stereocenters. The van der Waals surface area contributed by atoms with E-state index in [1.807, 2.05) is 42.5 Å². The number of methoxy groups -OCH3 is 1. The van der Waals surface area contributed by atoms with E-state index in [-0.39, 0.29) is 18.9 Å². The van der Waals surface area contributed by atoms with Crippen molar-refractivity contribution in [1.29, 1.82) is 0 Å². The van der Waals surface area contributed by atoms with E-state index in [4.69, 9.17) is 18.9 Å². The molecule has 0 bridgehead atoms. The summed E-state index contributed by atoms with van der Waals surface area (Å²) >= 11 is 0. The maximum absolute atomic E-state index is 12.0. The first kappa shape index (κ1) is 16.5. The quantitative estimate of drug-likeness (QED) is 0.762. The van der Waals surface area contributed by atoms with Crippen LogP contribution in [0.2, 0.25) is 0 Å². The van der Waals surface area contributed by atoms with Gasteiger partial charge in [-0.2, -0.15) is 0 Å². The molecule has 5 heteroatoms. The van der Waals surface area contributed by atoms with Gasteiger partial charge in [0.05, 0.1) is 7.11 Å². The molecule has 0 unspecified atom stereocenters. The fourth-order valence-corrected chi connectivity index (χ4v) is 3.26. The van der Waals surface area contributed by atoms with E-state index >= 15 is 0 Å². The highest BCUT2D eigenvalue weighted by Crippen LogP contribution is 2.35. The standard InChI is InChI=1S/C21H20O5/c1-23-17-7-5-16(6-8-17)19-11-15(12-21(22)26-19)3-2-14-4-9-18-20(10-14)25-13-24-18/h4-10,12,19H,2-3,11,13H2,1H3/t19-/m1/s1. The van der Waals surface area contributed by atoms with Crippen LogP contribution in [0.5, 0.6) is 17.2 Å². The molecule has 2 aliphatic rings. The van der Waals surface area contributed by atoms with E-state index in [2.05, 4.69) is 0 Å². The number of hydrogen-bond donors (Lipinski definition) is 0. The number of esters is 1. The zero-order chi connectivity index (χ0) is 17.9. The molecule has 0 radical (unpaired) electrons. The predicted molar refractivity (Wildman–Crippen MR) is 95.4 cm³/mol. The van der Waals surface area contributed by atoms with E-state index in [0.717, 1.165) is 46.8 Å². The van der Waals surface area contributed by atoms with Gasteiger partial charge < -0.3 is 18.9 Å². The summed E-state index contributed by atoms with van der Waals surface area (Å²) < 4.78 is 21.4. The molecule has 2 aromatic rings. The summed E-state index contributed by atoms with van der Waals surface area (Å²) in [5.74, 6) is 2.08. The summed E-state index contributed by atoms with van der Waals surface area (Å²) in [6, 6.07) is 13.6. The second kappa shape index (κ2) is 7.12. The van der Waals surface area contributed by atoms with Crippen molar-refractivity contribution in [3.63, 3.8) is 0 Å². The number of hydrogen-bond acceptors (Lipinski definition) is 5. The molecule has 0 spiro atoms. The third-order valence-corrected chi connectivity index (χ3v) is 4.69. The second-order valence-electron chi connectivity index (χ2n) is 6.39. The minimum Gasteiger partial charge on any atom is -0.497 e. The number of cyclic esters (lactones) is 1. The van der Waals surface area contributed by atoms with Crippen LogP contribution in [0.3, 0.4) is 0 Å². The molecule has 2 heterocycles. The number of carbonyl (C=O) groups is 1. The number of carbonyl (C=O) groups excluding carboxylic acids is 1. The van der Waals surface area contributed by atoms with Crippen molar-refractivity contribution < 1.29 is 23.7 Å². The minimum absolute atomic E-state index is 0.245. The van der Waals surface area contributed by atoms with Crippen LogP contribution in [0.1, 0.15) is 30.1 Å². The van der Waals surface area contributed by atoms with Crippen LogP contribution >= 0.6 is 0 Å². The molecule has 0 N–H and O–H groups in total. The predicted octanol–water partition coefficient (Wildman–Crippen LogP) is 3.97. The third kappa shape index (κ3) is 3.52. The van der Waals surface area contributed by atoms with Gasteiger partial charge in [0.15, 0.2) is 11.5 Å². The van der Waals surface area contributed by atoms with E-state index in [1.54, 1.807) is 13.2 Å². The molecule has 4 rings (SSSR count). The molecule has 134 valence electrons. The van der Waals surface area contributed by atoms with Crippen LogP contribution in [0.25, 0.3) is 0 Å². The summed E-state index contributed by atoms with van der Waals surface area (Å²) in [6.07, 6.45) is 3.73. The molecule has 0 saturated heterocycles. The van der Waals surface area contributed by atoms with Gasteiger partial charge in [-0.05, 0) is 48.2 Å². The van der Waals surface area contributed by atoms with Crippen LogP contribution in [-0.2, 0) is 16.0 Å². The third-order valence-electron chi connectivity index (χ3n) is 4.69. The van der Waals surface area contributed by atoms with Crippen molar-refractivity contribution in [1.82, 2.24) is 0 Å². The lowest BCUT2D eigenvalue weighted by Gasteiger charge is -2.23. The molecule has 0 saturated carbocycles. The maximum Gasteiger partial charge on any atom is 0.331 e. The van der Waals surface area contributed by atoms with Gasteiger partial charge in [0.25, 0.3) is 0 Å². The van der Waals surface area contributed by atoms with Gasteiger partial charge in [-0.1, -0.05) is 23.8 Å². The lowest BCUT2D eigenvalue weighted by Crippen LogP contribution is -2.16. The van der Waals surface area contributed by atoms with Crippen LogP contribution in [0.15, 0.2) is 54.1 Å². The number of ether oxygens (including phenoxy) is 4. The lowest BCUT2D eigenvalue weighted by molar-refractivity contribution is -0.144. The largest absolute Gasteiger partial charge is 0.497 e. The van der Waals surface area contributed by atoms with Crippen molar-refractivity contribution in [3.8, 4) is 17.2 Å². The Hall–Kier alpha value is -2.95. The van der Waals surface area contributed by atoms with Gasteiger partial charge in [0, 0.05) is 12.5 Å². The van der Waals surface area contributed by atoms with Gasteiger partial charge in [-0.3, -0.25) is 0 Å². The van der Waals surface area contributed by atoms with Gasteiger partial charge >= 0.3 is 5.97 Å². The smallest absolute Gasteiger partial charge is 0.331 e. The van der Waals surface area contributed by atoms with E-state index in [1.165, 1.54) is 0 Å². The fraction of sp³-hybridized carbons (Fsp3) is 0.286. The van der Waals surface area contributed by atoms with E-state index in [9.17, 15) is 4.79 Å². The molecule has 0 aromatic heterocycles. The first-order valence-corrected chi connectivity index (χ1v) is 8.64. The first-order chi connectivity index (χ1) is 12.7. The summed E-state index contributed by atoms with van der Waals surface area (Å²) in [4.78, 5) is 12.0. The van der Waals surface area contributed by atoms with E-state index in [0.29, 0.717) is 6.42 Å². The van der Waals surface area contributed by atoms with Gasteiger partial charge in [0.2, 0.25) is 6.79 Å². The SMILES string of the molecule is COc1ccc([C@H]2CC(CCc3ccc4c(c3)OCO4)=CC(=O)O2)cc1. The Morgan fingerprint density at radius 3 is 2.65 bits per heavy atom. The van der Waals surface area contributed by atoms with Crippen LogP contribution in [0.4, 0.5) is 0 Å². The van der Waals surface area contributed by atoms with Crippen molar-refractivity contribution in [2.24, 2.45) is 0 Å². The van der Waals surface area contributed by atoms with Crippen molar-refractivity contribution >= 4 is 5.97 Å². The average Bonchev–Trinajstić information content (AvgIpc) is 3.14. The molecule has 0 aliphatic carbocycles. The molecule has 26 heavy (non-hydrogen) atoms. The van der Waals surface area contributed by atoms with Crippen LogP contribution in [-0.4, -0.2) is 19.9 Å². The first-order valence-electron chi connectivity index (χ1n) is 8.64. The Balaban J connectivity index is 1.42. The normalized spacial score (nSPS) is 18.3. The number of rotatable bonds is 5. The lowest BCUT2D eigenvalue weighted by atomic mass is 9.94. The molecule has 0 amide bonds. The molecular formula is C21H20O5. The average molecular weight is 352 g/mol. The highest BCUT2D eigenvalue weighted by atomic mass is 16.7. The van der Waals surface area contributed by atoms with Gasteiger partial charge in [-0.15, -0.1) is 0 Å². The van der Waals surface area contributed by atoms with Crippen LogP contribution < -0.4 is 14.2 Å². The fourth-order valence-electron chi connectivity index (χ4n) is 3.26. The zero-order valence-electron chi connectivity index (χ0n) is 14.6. The van der Waals surface area contributed by atoms with Gasteiger partial charge in [0.1, 0.15) is 11.9 Å². The Kier molecular flexibility index (Phi) is 4.52. The number of benzene rings is 2. The Morgan fingerprint density at radius 2 is 1.85 bits per heavy atom. The van der Waals surface area contributed by atoms with Crippen LogP contribution in [0, 0.1) is 0 Å². The molecule has 2 aromatic carbocycles. The second-order valence-corrected chi connectivity index (χ2v) is 6.39. The molecule has 5 nitrogen and oxygen atoms in total. The Labute approximate surface area is 152 Å². The monoisotopic (exact) mass is 352 g/mol. The molecule has 2 aliphatic heterocycles. The van der Waals surface area contributed by atoms with E-state index < -0.39 is 0 Å². The minimum atomic E-state index is -0.280. The Bertz CT molecular complexity index is 838. The number of aryl methyl sites for hydroxylation is 1. The molecular weight excluding hydrogens is 332 g/mol. The zero-order valence-corrected chi connectivity index (χ0v) is 14.6. The number of fused-ring (bicyclic) bond motifs is 1. The summed E-state index contributed by atoms with van der Waals surface area (Å²) in [7, 11) is 1.63. The van der Waals surface area contributed by atoms with Crippen molar-refractivity contribution in [2.45, 2.75) is 25.4 Å². The summed E-state index contributed by atoms with van der Waals surface area (Å²) in [6.45, 7) is 0.277. The highest BCUT2D eigenvalue weighted by molar-refractivity contribution is 5.84. The summed E-state index contributed by atoms with van der Waals surface area (Å²) in [5, 5.41) is 0.